The molecule has 1 atom stereocenters. The van der Waals surface area contributed by atoms with Crippen LogP contribution in [0.5, 0.6) is 5.75 Å². The van der Waals surface area contributed by atoms with Crippen LogP contribution in [-0.2, 0) is 9.53 Å². The fourth-order valence-corrected chi connectivity index (χ4v) is 2.12. The Hall–Kier alpha value is -1.55. The van der Waals surface area contributed by atoms with E-state index in [0.29, 0.717) is 12.2 Å². The first-order chi connectivity index (χ1) is 8.79. The Morgan fingerprint density at radius 2 is 2.33 bits per heavy atom. The number of carbonyl (C=O) groups is 1. The number of rotatable bonds is 5. The zero-order valence-corrected chi connectivity index (χ0v) is 10.6. The Balaban J connectivity index is 1.82. The predicted octanol–water partition coefficient (Wildman–Crippen LogP) is 2.59. The smallest absolute Gasteiger partial charge is 0.224 e. The van der Waals surface area contributed by atoms with Crippen molar-refractivity contribution in [1.82, 2.24) is 0 Å². The molecule has 2 rings (SSSR count). The molecule has 0 aromatic heterocycles. The number of ether oxygens (including phenoxy) is 2. The second kappa shape index (κ2) is 6.40. The highest BCUT2D eigenvalue weighted by atomic mass is 16.5. The van der Waals surface area contributed by atoms with Gasteiger partial charge in [-0.2, -0.15) is 0 Å². The third kappa shape index (κ3) is 3.47. The van der Waals surface area contributed by atoms with Crippen LogP contribution in [0, 0.1) is 0 Å². The number of hydrogen-bond donors (Lipinski definition) is 1. The minimum Gasteiger partial charge on any atom is -0.495 e. The second-order valence-corrected chi connectivity index (χ2v) is 4.42. The van der Waals surface area contributed by atoms with Gasteiger partial charge in [-0.3, -0.25) is 4.79 Å². The van der Waals surface area contributed by atoms with Crippen molar-refractivity contribution in [1.29, 1.82) is 0 Å². The highest BCUT2D eigenvalue weighted by Gasteiger charge is 2.17. The van der Waals surface area contributed by atoms with Crippen molar-refractivity contribution < 1.29 is 14.3 Å². The van der Waals surface area contributed by atoms with Crippen LogP contribution in [0.15, 0.2) is 24.3 Å². The minimum atomic E-state index is 0.00926. The summed E-state index contributed by atoms with van der Waals surface area (Å²) in [7, 11) is 1.59. The van der Waals surface area contributed by atoms with Crippen LogP contribution in [0.3, 0.4) is 0 Å². The fourth-order valence-electron chi connectivity index (χ4n) is 2.12. The number of para-hydroxylation sites is 2. The van der Waals surface area contributed by atoms with Crippen molar-refractivity contribution >= 4 is 11.6 Å². The maximum atomic E-state index is 11.8. The first-order valence-corrected chi connectivity index (χ1v) is 6.34. The minimum absolute atomic E-state index is 0.00926. The van der Waals surface area contributed by atoms with Crippen molar-refractivity contribution in [3.63, 3.8) is 0 Å². The van der Waals surface area contributed by atoms with E-state index in [0.717, 1.165) is 31.6 Å². The van der Waals surface area contributed by atoms with Crippen molar-refractivity contribution in [3.8, 4) is 5.75 Å². The maximum Gasteiger partial charge on any atom is 0.224 e. The van der Waals surface area contributed by atoms with Gasteiger partial charge in [-0.05, 0) is 31.4 Å². The maximum absolute atomic E-state index is 11.8. The van der Waals surface area contributed by atoms with E-state index in [-0.39, 0.29) is 12.0 Å². The van der Waals surface area contributed by atoms with E-state index in [1.165, 1.54) is 0 Å². The van der Waals surface area contributed by atoms with Gasteiger partial charge in [0.15, 0.2) is 0 Å². The first kappa shape index (κ1) is 12.9. The molecule has 1 aromatic rings. The SMILES string of the molecule is COc1ccccc1NC(=O)CC[C@H]1CCCO1. The highest BCUT2D eigenvalue weighted by Crippen LogP contribution is 2.23. The van der Waals surface area contributed by atoms with E-state index >= 15 is 0 Å². The number of amides is 1. The number of methoxy groups -OCH3 is 1. The van der Waals surface area contributed by atoms with Gasteiger partial charge in [-0.25, -0.2) is 0 Å². The fraction of sp³-hybridized carbons (Fsp3) is 0.500. The van der Waals surface area contributed by atoms with E-state index in [1.807, 2.05) is 24.3 Å². The van der Waals surface area contributed by atoms with Crippen LogP contribution in [0.4, 0.5) is 5.69 Å². The summed E-state index contributed by atoms with van der Waals surface area (Å²) in [6.07, 6.45) is 3.72. The molecule has 0 radical (unpaired) electrons. The molecule has 1 aliphatic heterocycles. The molecule has 4 heteroatoms. The predicted molar refractivity (Wildman–Crippen MR) is 69.8 cm³/mol. The highest BCUT2D eigenvalue weighted by molar-refractivity contribution is 5.92. The lowest BCUT2D eigenvalue weighted by atomic mass is 10.1. The standard InChI is InChI=1S/C14H19NO3/c1-17-13-7-3-2-6-12(13)15-14(16)9-8-11-5-4-10-18-11/h2-3,6-7,11H,4-5,8-10H2,1H3,(H,15,16)/t11-/m1/s1. The van der Waals surface area contributed by atoms with Gasteiger partial charge >= 0.3 is 0 Å². The molecule has 0 unspecified atom stereocenters. The number of hydrogen-bond acceptors (Lipinski definition) is 3. The lowest BCUT2D eigenvalue weighted by molar-refractivity contribution is -0.116. The van der Waals surface area contributed by atoms with E-state index in [4.69, 9.17) is 9.47 Å². The Morgan fingerprint density at radius 1 is 1.50 bits per heavy atom. The lowest BCUT2D eigenvalue weighted by Gasteiger charge is -2.11. The Morgan fingerprint density at radius 3 is 3.06 bits per heavy atom. The molecule has 4 nitrogen and oxygen atoms in total. The molecule has 1 heterocycles. The molecule has 1 aromatic carbocycles. The molecule has 18 heavy (non-hydrogen) atoms. The van der Waals surface area contributed by atoms with Crippen LogP contribution in [0.25, 0.3) is 0 Å². The summed E-state index contributed by atoms with van der Waals surface area (Å²) in [6.45, 7) is 0.832. The molecule has 0 spiro atoms. The number of nitrogens with one attached hydrogen (secondary N) is 1. The summed E-state index contributed by atoms with van der Waals surface area (Å²) >= 11 is 0. The third-order valence-electron chi connectivity index (χ3n) is 3.10. The third-order valence-corrected chi connectivity index (χ3v) is 3.10. The average molecular weight is 249 g/mol. The van der Waals surface area contributed by atoms with E-state index in [9.17, 15) is 4.79 Å². The molecule has 1 saturated heterocycles. The molecule has 1 fully saturated rings. The van der Waals surface area contributed by atoms with Crippen LogP contribution < -0.4 is 10.1 Å². The largest absolute Gasteiger partial charge is 0.495 e. The van der Waals surface area contributed by atoms with Crippen LogP contribution in [0.1, 0.15) is 25.7 Å². The van der Waals surface area contributed by atoms with Gasteiger partial charge in [0.05, 0.1) is 18.9 Å². The van der Waals surface area contributed by atoms with E-state index in [1.54, 1.807) is 7.11 Å². The monoisotopic (exact) mass is 249 g/mol. The number of carbonyl (C=O) groups excluding carboxylic acids is 1. The topological polar surface area (TPSA) is 47.6 Å². The normalized spacial score (nSPS) is 18.6. The van der Waals surface area contributed by atoms with Crippen molar-refractivity contribution in [2.75, 3.05) is 19.0 Å². The zero-order valence-electron chi connectivity index (χ0n) is 10.6. The molecule has 0 aliphatic carbocycles. The molecule has 1 amide bonds. The van der Waals surface area contributed by atoms with Crippen LogP contribution in [-0.4, -0.2) is 25.7 Å². The lowest BCUT2D eigenvalue weighted by Crippen LogP contribution is -2.15. The number of benzene rings is 1. The molecular formula is C14H19NO3. The summed E-state index contributed by atoms with van der Waals surface area (Å²) < 4.78 is 10.7. The summed E-state index contributed by atoms with van der Waals surface area (Å²) in [5.74, 6) is 0.693. The van der Waals surface area contributed by atoms with E-state index in [2.05, 4.69) is 5.32 Å². The van der Waals surface area contributed by atoms with Gasteiger partial charge < -0.3 is 14.8 Å². The van der Waals surface area contributed by atoms with E-state index < -0.39 is 0 Å². The van der Waals surface area contributed by atoms with Crippen LogP contribution in [0.2, 0.25) is 0 Å². The molecule has 98 valence electrons. The van der Waals surface area contributed by atoms with Crippen molar-refractivity contribution in [2.45, 2.75) is 31.8 Å². The van der Waals surface area contributed by atoms with Crippen molar-refractivity contribution in [3.05, 3.63) is 24.3 Å². The summed E-state index contributed by atoms with van der Waals surface area (Å²) in [4.78, 5) is 11.8. The van der Waals surface area contributed by atoms with Gasteiger partial charge in [0.1, 0.15) is 5.75 Å². The average Bonchev–Trinajstić information content (AvgIpc) is 2.90. The number of anilines is 1. The van der Waals surface area contributed by atoms with Gasteiger partial charge in [-0.15, -0.1) is 0 Å². The summed E-state index contributed by atoms with van der Waals surface area (Å²) in [5, 5.41) is 2.87. The first-order valence-electron chi connectivity index (χ1n) is 6.34. The Kier molecular flexibility index (Phi) is 4.59. The van der Waals surface area contributed by atoms with Gasteiger partial charge in [0, 0.05) is 13.0 Å². The van der Waals surface area contributed by atoms with Gasteiger partial charge in [0.25, 0.3) is 0 Å². The molecule has 1 N–H and O–H groups in total. The van der Waals surface area contributed by atoms with Crippen LogP contribution >= 0.6 is 0 Å². The second-order valence-electron chi connectivity index (χ2n) is 4.42. The zero-order chi connectivity index (χ0) is 12.8. The van der Waals surface area contributed by atoms with Crippen molar-refractivity contribution in [2.24, 2.45) is 0 Å². The molecule has 0 bridgehead atoms. The Labute approximate surface area is 107 Å². The molecule has 1 aliphatic rings. The van der Waals surface area contributed by atoms with Gasteiger partial charge in [0.2, 0.25) is 5.91 Å². The molecular weight excluding hydrogens is 230 g/mol. The Bertz CT molecular complexity index is 400. The molecule has 0 saturated carbocycles. The quantitative estimate of drug-likeness (QED) is 0.872. The summed E-state index contributed by atoms with van der Waals surface area (Å²) in [5.41, 5.74) is 0.720. The summed E-state index contributed by atoms with van der Waals surface area (Å²) in [6, 6.07) is 7.41. The van der Waals surface area contributed by atoms with Gasteiger partial charge in [-0.1, -0.05) is 12.1 Å².